The third-order valence-electron chi connectivity index (χ3n) is 3.39. The van der Waals surface area contributed by atoms with Crippen LogP contribution < -0.4 is 5.32 Å². The molecule has 0 spiro atoms. The van der Waals surface area contributed by atoms with Crippen molar-refractivity contribution in [1.29, 1.82) is 0 Å². The number of pyridine rings is 1. The second kappa shape index (κ2) is 6.76. The molecule has 0 aromatic carbocycles. The molecule has 0 saturated heterocycles. The monoisotopic (exact) mass is 318 g/mol. The van der Waals surface area contributed by atoms with Gasteiger partial charge in [0.2, 0.25) is 0 Å². The molecule has 1 aromatic heterocycles. The molecule has 2 atom stereocenters. The number of rotatable bonds is 5. The van der Waals surface area contributed by atoms with Gasteiger partial charge in [0.25, 0.3) is 5.91 Å². The molecule has 0 radical (unpaired) electrons. The normalized spacial score (nSPS) is 14.3. The first-order valence-electron chi connectivity index (χ1n) is 6.66. The summed E-state index contributed by atoms with van der Waals surface area (Å²) in [5.41, 5.74) is -1.29. The number of amides is 1. The van der Waals surface area contributed by atoms with Gasteiger partial charge >= 0.3 is 12.1 Å². The molecule has 1 amide bonds. The first-order valence-corrected chi connectivity index (χ1v) is 6.66. The standard InChI is InChI=1S/C14H17F3N2O3/c1-4-7(2)11(13(21)22)19-12(20)9-5-6-10(14(15,16)17)18-8(9)3/h5-7,11H,4H2,1-3H3,(H,19,20)(H,21,22). The summed E-state index contributed by atoms with van der Waals surface area (Å²) in [6.45, 7) is 4.71. The molecule has 22 heavy (non-hydrogen) atoms. The molecule has 0 aliphatic rings. The summed E-state index contributed by atoms with van der Waals surface area (Å²) >= 11 is 0. The summed E-state index contributed by atoms with van der Waals surface area (Å²) in [4.78, 5) is 26.6. The molecular weight excluding hydrogens is 301 g/mol. The number of carbonyl (C=O) groups is 2. The van der Waals surface area contributed by atoms with Crippen LogP contribution in [-0.2, 0) is 11.0 Å². The van der Waals surface area contributed by atoms with Crippen LogP contribution in [0.25, 0.3) is 0 Å². The minimum absolute atomic E-state index is 0.0810. The first-order chi connectivity index (χ1) is 10.1. The summed E-state index contributed by atoms with van der Waals surface area (Å²) in [6.07, 6.45) is -4.07. The van der Waals surface area contributed by atoms with Crippen molar-refractivity contribution in [3.05, 3.63) is 29.1 Å². The number of aromatic nitrogens is 1. The third-order valence-corrected chi connectivity index (χ3v) is 3.39. The van der Waals surface area contributed by atoms with E-state index in [1.54, 1.807) is 13.8 Å². The van der Waals surface area contributed by atoms with Gasteiger partial charge in [0.05, 0.1) is 11.3 Å². The fourth-order valence-corrected chi connectivity index (χ4v) is 1.86. The molecule has 1 aromatic rings. The molecule has 5 nitrogen and oxygen atoms in total. The average Bonchev–Trinajstić information content (AvgIpc) is 2.42. The second-order valence-corrected chi connectivity index (χ2v) is 5.00. The Kier molecular flexibility index (Phi) is 5.51. The Bertz CT molecular complexity index is 573. The van der Waals surface area contributed by atoms with Gasteiger partial charge in [0.1, 0.15) is 11.7 Å². The highest BCUT2D eigenvalue weighted by atomic mass is 19.4. The van der Waals surface area contributed by atoms with E-state index >= 15 is 0 Å². The van der Waals surface area contributed by atoms with Crippen molar-refractivity contribution in [2.24, 2.45) is 5.92 Å². The summed E-state index contributed by atoms with van der Waals surface area (Å²) in [5, 5.41) is 11.4. The molecule has 0 aliphatic heterocycles. The molecule has 1 heterocycles. The van der Waals surface area contributed by atoms with Gasteiger partial charge in [-0.1, -0.05) is 20.3 Å². The third kappa shape index (κ3) is 4.19. The van der Waals surface area contributed by atoms with Gasteiger partial charge in [0, 0.05) is 0 Å². The zero-order valence-electron chi connectivity index (χ0n) is 12.4. The van der Waals surface area contributed by atoms with Crippen LogP contribution in [0, 0.1) is 12.8 Å². The van der Waals surface area contributed by atoms with Crippen LogP contribution in [0.1, 0.15) is 42.0 Å². The minimum Gasteiger partial charge on any atom is -0.480 e. The second-order valence-electron chi connectivity index (χ2n) is 5.00. The number of aryl methyl sites for hydroxylation is 1. The molecule has 8 heteroatoms. The van der Waals surface area contributed by atoms with Crippen molar-refractivity contribution >= 4 is 11.9 Å². The van der Waals surface area contributed by atoms with Gasteiger partial charge in [-0.15, -0.1) is 0 Å². The Labute approximate surface area is 125 Å². The maximum absolute atomic E-state index is 12.5. The van der Waals surface area contributed by atoms with E-state index in [1.165, 1.54) is 6.92 Å². The van der Waals surface area contributed by atoms with Crippen LogP contribution in [0.4, 0.5) is 13.2 Å². The highest BCUT2D eigenvalue weighted by Crippen LogP contribution is 2.28. The number of hydrogen-bond donors (Lipinski definition) is 2. The molecule has 2 unspecified atom stereocenters. The lowest BCUT2D eigenvalue weighted by Gasteiger charge is -2.20. The fraction of sp³-hybridized carbons (Fsp3) is 0.500. The van der Waals surface area contributed by atoms with Crippen LogP contribution in [0.3, 0.4) is 0 Å². The quantitative estimate of drug-likeness (QED) is 0.875. The fourth-order valence-electron chi connectivity index (χ4n) is 1.86. The highest BCUT2D eigenvalue weighted by molar-refractivity contribution is 5.97. The number of halogens is 3. The predicted octanol–water partition coefficient (Wildman–Crippen LogP) is 2.64. The van der Waals surface area contributed by atoms with Gasteiger partial charge in [-0.2, -0.15) is 13.2 Å². The number of carboxylic acids is 1. The van der Waals surface area contributed by atoms with Crippen LogP contribution in [-0.4, -0.2) is 28.0 Å². The minimum atomic E-state index is -4.60. The molecule has 2 N–H and O–H groups in total. The van der Waals surface area contributed by atoms with Crippen molar-refractivity contribution < 1.29 is 27.9 Å². The highest BCUT2D eigenvalue weighted by Gasteiger charge is 2.33. The number of carboxylic acid groups (broad SMARTS) is 1. The molecular formula is C14H17F3N2O3. The molecule has 122 valence electrons. The Hall–Kier alpha value is -2.12. The number of hydrogen-bond acceptors (Lipinski definition) is 3. The zero-order chi connectivity index (χ0) is 17.1. The van der Waals surface area contributed by atoms with Crippen LogP contribution in [0.5, 0.6) is 0 Å². The van der Waals surface area contributed by atoms with E-state index in [0.717, 1.165) is 6.07 Å². The molecule has 0 bridgehead atoms. The molecule has 0 fully saturated rings. The Morgan fingerprint density at radius 3 is 2.36 bits per heavy atom. The summed E-state index contributed by atoms with van der Waals surface area (Å²) in [5.74, 6) is -2.27. The number of carbonyl (C=O) groups excluding carboxylic acids is 1. The Balaban J connectivity index is 3.01. The summed E-state index contributed by atoms with van der Waals surface area (Å²) in [6, 6.07) is 0.580. The van der Waals surface area contributed by atoms with Crippen LogP contribution in [0.2, 0.25) is 0 Å². The first kappa shape index (κ1) is 17.9. The number of nitrogens with one attached hydrogen (secondary N) is 1. The number of nitrogens with zero attached hydrogens (tertiary/aromatic N) is 1. The largest absolute Gasteiger partial charge is 0.480 e. The van der Waals surface area contributed by atoms with Crippen molar-refractivity contribution in [3.8, 4) is 0 Å². The van der Waals surface area contributed by atoms with E-state index in [2.05, 4.69) is 10.3 Å². The SMILES string of the molecule is CCC(C)C(NC(=O)c1ccc(C(F)(F)F)nc1C)C(=O)O. The summed E-state index contributed by atoms with van der Waals surface area (Å²) < 4.78 is 37.6. The maximum Gasteiger partial charge on any atom is 0.433 e. The van der Waals surface area contributed by atoms with E-state index in [1.807, 2.05) is 0 Å². The van der Waals surface area contributed by atoms with Crippen molar-refractivity contribution in [3.63, 3.8) is 0 Å². The Morgan fingerprint density at radius 1 is 1.36 bits per heavy atom. The van der Waals surface area contributed by atoms with E-state index < -0.39 is 29.8 Å². The lowest BCUT2D eigenvalue weighted by atomic mass is 9.99. The van der Waals surface area contributed by atoms with Crippen LogP contribution in [0.15, 0.2) is 12.1 Å². The average molecular weight is 318 g/mol. The van der Waals surface area contributed by atoms with E-state index in [0.29, 0.717) is 12.5 Å². The van der Waals surface area contributed by atoms with E-state index in [4.69, 9.17) is 5.11 Å². The van der Waals surface area contributed by atoms with Gasteiger partial charge in [0.15, 0.2) is 0 Å². The Morgan fingerprint density at radius 2 is 1.95 bits per heavy atom. The van der Waals surface area contributed by atoms with Crippen molar-refractivity contribution in [1.82, 2.24) is 10.3 Å². The smallest absolute Gasteiger partial charge is 0.433 e. The van der Waals surface area contributed by atoms with Crippen molar-refractivity contribution in [2.75, 3.05) is 0 Å². The van der Waals surface area contributed by atoms with Gasteiger partial charge in [-0.3, -0.25) is 4.79 Å². The number of alkyl halides is 3. The zero-order valence-corrected chi connectivity index (χ0v) is 12.4. The van der Waals surface area contributed by atoms with E-state index in [9.17, 15) is 22.8 Å². The van der Waals surface area contributed by atoms with Gasteiger partial charge in [-0.05, 0) is 25.0 Å². The van der Waals surface area contributed by atoms with Crippen molar-refractivity contribution in [2.45, 2.75) is 39.4 Å². The molecule has 0 saturated carbocycles. The van der Waals surface area contributed by atoms with E-state index in [-0.39, 0.29) is 17.2 Å². The lowest BCUT2D eigenvalue weighted by Crippen LogP contribution is -2.45. The maximum atomic E-state index is 12.5. The van der Waals surface area contributed by atoms with Gasteiger partial charge < -0.3 is 10.4 Å². The topological polar surface area (TPSA) is 79.3 Å². The predicted molar refractivity (Wildman–Crippen MR) is 72.3 cm³/mol. The lowest BCUT2D eigenvalue weighted by molar-refractivity contribution is -0.141. The molecule has 0 aliphatic carbocycles. The van der Waals surface area contributed by atoms with Gasteiger partial charge in [-0.25, -0.2) is 9.78 Å². The number of aliphatic carboxylic acids is 1. The molecule has 1 rings (SSSR count). The van der Waals surface area contributed by atoms with Crippen LogP contribution >= 0.6 is 0 Å². The summed E-state index contributed by atoms with van der Waals surface area (Å²) in [7, 11) is 0.